The first-order valence-electron chi connectivity index (χ1n) is 10.4. The van der Waals surface area contributed by atoms with E-state index in [1.807, 2.05) is 79.2 Å². The minimum absolute atomic E-state index is 0.000531. The fourth-order valence-corrected chi connectivity index (χ4v) is 3.78. The van der Waals surface area contributed by atoms with Crippen LogP contribution in [0.4, 0.5) is 5.69 Å². The number of amides is 2. The minimum Gasteiger partial charge on any atom is -0.457 e. The van der Waals surface area contributed by atoms with E-state index in [4.69, 9.17) is 4.74 Å². The van der Waals surface area contributed by atoms with E-state index in [-0.39, 0.29) is 17.9 Å². The Kier molecular flexibility index (Phi) is 6.02. The Morgan fingerprint density at radius 1 is 1.10 bits per heavy atom. The summed E-state index contributed by atoms with van der Waals surface area (Å²) in [5.74, 6) is 1.39. The van der Waals surface area contributed by atoms with Crippen LogP contribution < -0.4 is 15.0 Å². The molecule has 1 saturated heterocycles. The highest BCUT2D eigenvalue weighted by molar-refractivity contribution is 5.96. The summed E-state index contributed by atoms with van der Waals surface area (Å²) < 4.78 is 7.64. The van der Waals surface area contributed by atoms with Crippen LogP contribution in [0.25, 0.3) is 0 Å². The minimum atomic E-state index is -0.194. The summed E-state index contributed by atoms with van der Waals surface area (Å²) in [6.07, 6.45) is 0.631. The van der Waals surface area contributed by atoms with Crippen LogP contribution in [0.15, 0.2) is 60.7 Å². The van der Waals surface area contributed by atoms with Gasteiger partial charge in [0.2, 0.25) is 11.8 Å². The molecule has 3 aromatic rings. The highest BCUT2D eigenvalue weighted by atomic mass is 16.5. The van der Waals surface area contributed by atoms with Crippen molar-refractivity contribution in [1.29, 1.82) is 0 Å². The zero-order chi connectivity index (χ0) is 21.8. The lowest BCUT2D eigenvalue weighted by molar-refractivity contribution is -0.122. The van der Waals surface area contributed by atoms with Crippen LogP contribution in [0.3, 0.4) is 0 Å². The van der Waals surface area contributed by atoms with Gasteiger partial charge in [-0.3, -0.25) is 14.3 Å². The Morgan fingerprint density at radius 3 is 2.48 bits per heavy atom. The molecule has 0 spiro atoms. The van der Waals surface area contributed by atoms with Gasteiger partial charge in [0.1, 0.15) is 11.5 Å². The highest BCUT2D eigenvalue weighted by Crippen LogP contribution is 2.27. The monoisotopic (exact) mass is 418 g/mol. The van der Waals surface area contributed by atoms with Gasteiger partial charge in [0.15, 0.2) is 0 Å². The van der Waals surface area contributed by atoms with Crippen molar-refractivity contribution < 1.29 is 14.3 Å². The molecule has 7 nitrogen and oxygen atoms in total. The standard InChI is InChI=1S/C24H26N4O3/c1-17-14-18(2)28(26-17)13-12-23(29)25-19-15-24(30)27(16-19)20-8-10-22(11-9-20)31-21-6-4-3-5-7-21/h3-11,14,19H,12-13,15-16H2,1-2H3,(H,25,29). The van der Waals surface area contributed by atoms with E-state index >= 15 is 0 Å². The van der Waals surface area contributed by atoms with Crippen molar-refractivity contribution in [1.82, 2.24) is 15.1 Å². The summed E-state index contributed by atoms with van der Waals surface area (Å²) in [6, 6.07) is 18.8. The van der Waals surface area contributed by atoms with E-state index < -0.39 is 0 Å². The third-order valence-electron chi connectivity index (χ3n) is 5.27. The van der Waals surface area contributed by atoms with Crippen molar-refractivity contribution in [2.24, 2.45) is 0 Å². The Labute approximate surface area is 181 Å². The number of ether oxygens (including phenoxy) is 1. The lowest BCUT2D eigenvalue weighted by Crippen LogP contribution is -2.37. The van der Waals surface area contributed by atoms with Gasteiger partial charge in [-0.1, -0.05) is 18.2 Å². The number of benzene rings is 2. The van der Waals surface area contributed by atoms with E-state index in [2.05, 4.69) is 10.4 Å². The second kappa shape index (κ2) is 9.04. The number of hydrogen-bond donors (Lipinski definition) is 1. The van der Waals surface area contributed by atoms with E-state index in [0.29, 0.717) is 31.7 Å². The molecule has 1 fully saturated rings. The molecule has 1 unspecified atom stereocenters. The molecule has 1 aromatic heterocycles. The van der Waals surface area contributed by atoms with Gasteiger partial charge in [-0.15, -0.1) is 0 Å². The zero-order valence-electron chi connectivity index (χ0n) is 17.7. The molecule has 160 valence electrons. The lowest BCUT2D eigenvalue weighted by Gasteiger charge is -2.18. The third kappa shape index (κ3) is 5.12. The number of aromatic nitrogens is 2. The molecule has 1 N–H and O–H groups in total. The van der Waals surface area contributed by atoms with E-state index in [9.17, 15) is 9.59 Å². The van der Waals surface area contributed by atoms with Gasteiger partial charge in [-0.2, -0.15) is 5.10 Å². The largest absolute Gasteiger partial charge is 0.457 e. The number of para-hydroxylation sites is 1. The van der Waals surface area contributed by atoms with Crippen LogP contribution >= 0.6 is 0 Å². The third-order valence-corrected chi connectivity index (χ3v) is 5.27. The molecule has 2 amide bonds. The van der Waals surface area contributed by atoms with E-state index in [1.54, 1.807) is 4.90 Å². The van der Waals surface area contributed by atoms with Gasteiger partial charge in [-0.05, 0) is 56.3 Å². The predicted molar refractivity (Wildman–Crippen MR) is 118 cm³/mol. The number of nitrogens with zero attached hydrogens (tertiary/aromatic N) is 3. The van der Waals surface area contributed by atoms with Gasteiger partial charge in [0.05, 0.1) is 11.7 Å². The second-order valence-electron chi connectivity index (χ2n) is 7.78. The first-order valence-corrected chi connectivity index (χ1v) is 10.4. The quantitative estimate of drug-likeness (QED) is 0.636. The summed E-state index contributed by atoms with van der Waals surface area (Å²) in [6.45, 7) is 4.90. The number of aryl methyl sites for hydroxylation is 3. The summed E-state index contributed by atoms with van der Waals surface area (Å²) in [5.41, 5.74) is 2.77. The van der Waals surface area contributed by atoms with Crippen LogP contribution in [0, 0.1) is 13.8 Å². The molecule has 1 atom stereocenters. The zero-order valence-corrected chi connectivity index (χ0v) is 17.7. The fourth-order valence-electron chi connectivity index (χ4n) is 3.78. The topological polar surface area (TPSA) is 76.5 Å². The Morgan fingerprint density at radius 2 is 1.81 bits per heavy atom. The normalized spacial score (nSPS) is 15.9. The lowest BCUT2D eigenvalue weighted by atomic mass is 10.2. The molecule has 4 rings (SSSR count). The Bertz CT molecular complexity index is 1060. The predicted octanol–water partition coefficient (Wildman–Crippen LogP) is 3.60. The van der Waals surface area contributed by atoms with Gasteiger partial charge < -0.3 is 15.0 Å². The van der Waals surface area contributed by atoms with Gasteiger partial charge in [-0.25, -0.2) is 0 Å². The average molecular weight is 418 g/mol. The molecule has 1 aliphatic heterocycles. The number of hydrogen-bond acceptors (Lipinski definition) is 4. The first-order chi connectivity index (χ1) is 15.0. The summed E-state index contributed by atoms with van der Waals surface area (Å²) in [7, 11) is 0. The van der Waals surface area contributed by atoms with Crippen molar-refractivity contribution in [3.8, 4) is 11.5 Å². The summed E-state index contributed by atoms with van der Waals surface area (Å²) in [4.78, 5) is 26.6. The van der Waals surface area contributed by atoms with Crippen LogP contribution in [0.1, 0.15) is 24.2 Å². The van der Waals surface area contributed by atoms with Crippen molar-refractivity contribution in [2.45, 2.75) is 39.3 Å². The van der Waals surface area contributed by atoms with Gasteiger partial charge in [0, 0.05) is 37.3 Å². The molecular weight excluding hydrogens is 392 g/mol. The summed E-state index contributed by atoms with van der Waals surface area (Å²) >= 11 is 0. The van der Waals surface area contributed by atoms with Crippen molar-refractivity contribution in [3.63, 3.8) is 0 Å². The fraction of sp³-hybridized carbons (Fsp3) is 0.292. The molecule has 0 aliphatic carbocycles. The van der Waals surface area contributed by atoms with Gasteiger partial charge in [0.25, 0.3) is 0 Å². The Balaban J connectivity index is 1.30. The molecule has 2 heterocycles. The van der Waals surface area contributed by atoms with Crippen LogP contribution in [-0.4, -0.2) is 34.2 Å². The SMILES string of the molecule is Cc1cc(C)n(CCC(=O)NC2CC(=O)N(c3ccc(Oc4ccccc4)cc3)C2)n1. The maximum atomic E-state index is 12.5. The van der Waals surface area contributed by atoms with Crippen LogP contribution in [0.2, 0.25) is 0 Å². The molecule has 2 aromatic carbocycles. The van der Waals surface area contributed by atoms with Crippen molar-refractivity contribution >= 4 is 17.5 Å². The average Bonchev–Trinajstić information content (AvgIpc) is 3.28. The summed E-state index contributed by atoms with van der Waals surface area (Å²) in [5, 5.41) is 7.36. The Hall–Kier alpha value is -3.61. The number of carbonyl (C=O) groups excluding carboxylic acids is 2. The second-order valence-corrected chi connectivity index (χ2v) is 7.78. The molecular formula is C24H26N4O3. The maximum absolute atomic E-state index is 12.5. The highest BCUT2D eigenvalue weighted by Gasteiger charge is 2.31. The molecule has 1 aliphatic rings. The van der Waals surface area contributed by atoms with Crippen molar-refractivity contribution in [3.05, 3.63) is 72.1 Å². The molecule has 7 heteroatoms. The first kappa shape index (κ1) is 20.7. The number of nitrogens with one attached hydrogen (secondary N) is 1. The number of anilines is 1. The molecule has 0 saturated carbocycles. The smallest absolute Gasteiger partial charge is 0.229 e. The molecule has 0 radical (unpaired) electrons. The van der Waals surface area contributed by atoms with Crippen LogP contribution in [-0.2, 0) is 16.1 Å². The molecule has 0 bridgehead atoms. The number of carbonyl (C=O) groups is 2. The maximum Gasteiger partial charge on any atom is 0.229 e. The van der Waals surface area contributed by atoms with Crippen LogP contribution in [0.5, 0.6) is 11.5 Å². The van der Waals surface area contributed by atoms with Crippen molar-refractivity contribution in [2.75, 3.05) is 11.4 Å². The molecule has 31 heavy (non-hydrogen) atoms. The van der Waals surface area contributed by atoms with E-state index in [0.717, 1.165) is 22.8 Å². The number of rotatable bonds is 7. The van der Waals surface area contributed by atoms with Gasteiger partial charge >= 0.3 is 0 Å². The van der Waals surface area contributed by atoms with E-state index in [1.165, 1.54) is 0 Å².